The van der Waals surface area contributed by atoms with Gasteiger partial charge in [-0.3, -0.25) is 4.79 Å². The zero-order valence-corrected chi connectivity index (χ0v) is 13.4. The lowest BCUT2D eigenvalue weighted by Crippen LogP contribution is -2.35. The Labute approximate surface area is 136 Å². The zero-order chi connectivity index (χ0) is 15.8. The van der Waals surface area contributed by atoms with Crippen LogP contribution in [-0.2, 0) is 4.79 Å². The molecule has 23 heavy (non-hydrogen) atoms. The number of nitrogens with two attached hydrogens (primary N) is 1. The van der Waals surface area contributed by atoms with E-state index in [1.807, 2.05) is 12.1 Å². The van der Waals surface area contributed by atoms with Crippen molar-refractivity contribution >= 4 is 5.91 Å². The molecule has 2 fully saturated rings. The Kier molecular flexibility index (Phi) is 3.89. The molecule has 0 radical (unpaired) electrons. The third kappa shape index (κ3) is 2.78. The van der Waals surface area contributed by atoms with Crippen LogP contribution in [0.4, 0.5) is 0 Å². The van der Waals surface area contributed by atoms with Gasteiger partial charge in [0.15, 0.2) is 11.5 Å². The number of amides is 1. The molecule has 1 aromatic carbocycles. The topological polar surface area (TPSA) is 64.8 Å². The number of hydrogen-bond acceptors (Lipinski definition) is 4. The van der Waals surface area contributed by atoms with E-state index < -0.39 is 0 Å². The largest absolute Gasteiger partial charge is 0.486 e. The quantitative estimate of drug-likeness (QED) is 0.909. The summed E-state index contributed by atoms with van der Waals surface area (Å²) < 4.78 is 11.3. The van der Waals surface area contributed by atoms with Crippen LogP contribution in [0.2, 0.25) is 0 Å². The molecule has 5 nitrogen and oxygen atoms in total. The molecule has 0 bridgehead atoms. The van der Waals surface area contributed by atoms with E-state index in [-0.39, 0.29) is 23.9 Å². The van der Waals surface area contributed by atoms with Crippen molar-refractivity contribution in [1.29, 1.82) is 0 Å². The van der Waals surface area contributed by atoms with E-state index >= 15 is 0 Å². The molecule has 0 aromatic heterocycles. The molecule has 1 amide bonds. The summed E-state index contributed by atoms with van der Waals surface area (Å²) in [4.78, 5) is 14.9. The van der Waals surface area contributed by atoms with Crippen LogP contribution < -0.4 is 15.2 Å². The molecule has 1 aliphatic carbocycles. The van der Waals surface area contributed by atoms with Gasteiger partial charge in [0.25, 0.3) is 0 Å². The highest BCUT2D eigenvalue weighted by Crippen LogP contribution is 2.39. The Bertz CT molecular complexity index is 604. The number of carbonyl (C=O) groups excluding carboxylic acids is 1. The summed E-state index contributed by atoms with van der Waals surface area (Å²) in [6.07, 6.45) is 4.82. The Morgan fingerprint density at radius 3 is 2.74 bits per heavy atom. The molecule has 124 valence electrons. The maximum absolute atomic E-state index is 12.9. The Morgan fingerprint density at radius 2 is 1.96 bits per heavy atom. The molecule has 1 saturated carbocycles. The van der Waals surface area contributed by atoms with Crippen LogP contribution in [0, 0.1) is 5.92 Å². The molecule has 2 N–H and O–H groups in total. The number of hydrogen-bond donors (Lipinski definition) is 1. The molecular weight excluding hydrogens is 292 g/mol. The van der Waals surface area contributed by atoms with Gasteiger partial charge in [-0.15, -0.1) is 0 Å². The monoisotopic (exact) mass is 316 g/mol. The summed E-state index contributed by atoms with van der Waals surface area (Å²) in [7, 11) is 0. The molecule has 2 heterocycles. The first-order chi connectivity index (χ1) is 11.2. The molecule has 1 aromatic rings. The summed E-state index contributed by atoms with van der Waals surface area (Å²) in [5, 5.41) is 0. The van der Waals surface area contributed by atoms with Crippen LogP contribution >= 0.6 is 0 Å². The first-order valence-corrected chi connectivity index (χ1v) is 8.68. The Hall–Kier alpha value is -1.75. The van der Waals surface area contributed by atoms with Crippen molar-refractivity contribution in [3.8, 4) is 11.5 Å². The second-order valence-corrected chi connectivity index (χ2v) is 6.86. The van der Waals surface area contributed by atoms with Gasteiger partial charge in [0.2, 0.25) is 5.91 Å². The van der Waals surface area contributed by atoms with E-state index in [1.54, 1.807) is 0 Å². The van der Waals surface area contributed by atoms with Crippen LogP contribution in [-0.4, -0.2) is 36.6 Å². The number of carbonyl (C=O) groups is 1. The van der Waals surface area contributed by atoms with Crippen LogP contribution in [0.1, 0.15) is 43.7 Å². The maximum atomic E-state index is 12.9. The SMILES string of the molecule is NC1CCC(C(=O)N2CCCC2c2ccc3c(c2)OCCO3)C1. The number of benzene rings is 1. The number of rotatable bonds is 2. The fourth-order valence-corrected chi connectivity index (χ4v) is 4.12. The smallest absolute Gasteiger partial charge is 0.226 e. The van der Waals surface area contributed by atoms with Gasteiger partial charge in [0.05, 0.1) is 6.04 Å². The van der Waals surface area contributed by atoms with Crippen molar-refractivity contribution in [3.63, 3.8) is 0 Å². The molecule has 2 aliphatic heterocycles. The Balaban J connectivity index is 1.54. The van der Waals surface area contributed by atoms with Gasteiger partial charge in [0.1, 0.15) is 13.2 Å². The highest BCUT2D eigenvalue weighted by atomic mass is 16.6. The van der Waals surface area contributed by atoms with Crippen LogP contribution in [0.3, 0.4) is 0 Å². The van der Waals surface area contributed by atoms with Crippen LogP contribution in [0.5, 0.6) is 11.5 Å². The van der Waals surface area contributed by atoms with E-state index in [2.05, 4.69) is 11.0 Å². The minimum absolute atomic E-state index is 0.114. The number of fused-ring (bicyclic) bond motifs is 1. The lowest BCUT2D eigenvalue weighted by atomic mass is 10.0. The predicted molar refractivity (Wildman–Crippen MR) is 86.4 cm³/mol. The average Bonchev–Trinajstić information content (AvgIpc) is 3.23. The minimum Gasteiger partial charge on any atom is -0.486 e. The molecule has 3 unspecified atom stereocenters. The predicted octanol–water partition coefficient (Wildman–Crippen LogP) is 2.25. The van der Waals surface area contributed by atoms with Gasteiger partial charge < -0.3 is 20.1 Å². The van der Waals surface area contributed by atoms with Crippen LogP contribution in [0.15, 0.2) is 18.2 Å². The maximum Gasteiger partial charge on any atom is 0.226 e. The normalized spacial score (nSPS) is 29.8. The molecule has 0 spiro atoms. The fourth-order valence-electron chi connectivity index (χ4n) is 4.12. The van der Waals surface area contributed by atoms with Crippen molar-refractivity contribution in [2.45, 2.75) is 44.2 Å². The van der Waals surface area contributed by atoms with Gasteiger partial charge in [0, 0.05) is 18.5 Å². The number of nitrogens with zero attached hydrogens (tertiary/aromatic N) is 1. The lowest BCUT2D eigenvalue weighted by molar-refractivity contribution is -0.136. The van der Waals surface area contributed by atoms with Crippen molar-refractivity contribution in [2.75, 3.05) is 19.8 Å². The fraction of sp³-hybridized carbons (Fsp3) is 0.611. The zero-order valence-electron chi connectivity index (χ0n) is 13.4. The van der Waals surface area contributed by atoms with Gasteiger partial charge >= 0.3 is 0 Å². The van der Waals surface area contributed by atoms with Gasteiger partial charge in [-0.1, -0.05) is 6.07 Å². The summed E-state index contributed by atoms with van der Waals surface area (Å²) in [6.45, 7) is 2.04. The first-order valence-electron chi connectivity index (χ1n) is 8.68. The second-order valence-electron chi connectivity index (χ2n) is 6.86. The third-order valence-electron chi connectivity index (χ3n) is 5.31. The number of ether oxygens (including phenoxy) is 2. The third-order valence-corrected chi connectivity index (χ3v) is 5.31. The molecule has 3 atom stereocenters. The summed E-state index contributed by atoms with van der Waals surface area (Å²) in [6, 6.07) is 6.44. The standard InChI is InChI=1S/C18H24N2O3/c19-14-5-3-13(10-14)18(21)20-7-1-2-15(20)12-4-6-16-17(11-12)23-9-8-22-16/h4,6,11,13-15H,1-3,5,7-10,19H2. The van der Waals surface area contributed by atoms with Crippen LogP contribution in [0.25, 0.3) is 0 Å². The Morgan fingerprint density at radius 1 is 1.13 bits per heavy atom. The van der Waals surface area contributed by atoms with E-state index in [4.69, 9.17) is 15.2 Å². The van der Waals surface area contributed by atoms with Gasteiger partial charge in [-0.2, -0.15) is 0 Å². The highest BCUT2D eigenvalue weighted by Gasteiger charge is 2.37. The first kappa shape index (κ1) is 14.8. The molecule has 5 heteroatoms. The highest BCUT2D eigenvalue weighted by molar-refractivity contribution is 5.80. The molecule has 3 aliphatic rings. The minimum atomic E-state index is 0.114. The van der Waals surface area contributed by atoms with Crippen molar-refractivity contribution in [1.82, 2.24) is 4.90 Å². The second kappa shape index (κ2) is 6.04. The van der Waals surface area contributed by atoms with Gasteiger partial charge in [-0.05, 0) is 49.8 Å². The van der Waals surface area contributed by atoms with E-state index in [0.29, 0.717) is 13.2 Å². The van der Waals surface area contributed by atoms with E-state index in [9.17, 15) is 4.79 Å². The molecular formula is C18H24N2O3. The van der Waals surface area contributed by atoms with Gasteiger partial charge in [-0.25, -0.2) is 0 Å². The summed E-state index contributed by atoms with van der Waals surface area (Å²) in [5.74, 6) is 2.01. The van der Waals surface area contributed by atoms with E-state index in [1.165, 1.54) is 0 Å². The summed E-state index contributed by atoms with van der Waals surface area (Å²) in [5.41, 5.74) is 7.14. The average molecular weight is 316 g/mol. The van der Waals surface area contributed by atoms with Crippen molar-refractivity contribution < 1.29 is 14.3 Å². The van der Waals surface area contributed by atoms with Crippen molar-refractivity contribution in [2.24, 2.45) is 11.7 Å². The van der Waals surface area contributed by atoms with E-state index in [0.717, 1.165) is 55.7 Å². The lowest BCUT2D eigenvalue weighted by Gasteiger charge is -2.29. The summed E-state index contributed by atoms with van der Waals surface area (Å²) >= 11 is 0. The van der Waals surface area contributed by atoms with Crippen molar-refractivity contribution in [3.05, 3.63) is 23.8 Å². The molecule has 4 rings (SSSR count). The molecule has 1 saturated heterocycles. The number of likely N-dealkylation sites (tertiary alicyclic amines) is 1.